The number of rotatable bonds is 6. The SMILES string of the molecule is COc1ccc(OC)c(S(=O)(=O)N2CCN(c3cc(-c4ccc(F)cc4)ncn3)CC2)c1. The van der Waals surface area contributed by atoms with Crippen LogP contribution in [0.2, 0.25) is 0 Å². The Labute approximate surface area is 186 Å². The fourth-order valence-electron chi connectivity index (χ4n) is 3.58. The van der Waals surface area contributed by atoms with Gasteiger partial charge in [-0.1, -0.05) is 0 Å². The van der Waals surface area contributed by atoms with Crippen LogP contribution in [0.25, 0.3) is 11.3 Å². The van der Waals surface area contributed by atoms with Crippen molar-refractivity contribution in [2.75, 3.05) is 45.3 Å². The van der Waals surface area contributed by atoms with Crippen molar-refractivity contribution in [1.29, 1.82) is 0 Å². The molecular formula is C22H23FN4O4S. The molecule has 0 aliphatic carbocycles. The Morgan fingerprint density at radius 1 is 0.906 bits per heavy atom. The Bertz CT molecular complexity index is 1200. The van der Waals surface area contributed by atoms with E-state index in [1.54, 1.807) is 24.3 Å². The van der Waals surface area contributed by atoms with E-state index in [2.05, 4.69) is 9.97 Å². The first-order valence-corrected chi connectivity index (χ1v) is 11.4. The van der Waals surface area contributed by atoms with Crippen LogP contribution < -0.4 is 14.4 Å². The van der Waals surface area contributed by atoms with Gasteiger partial charge >= 0.3 is 0 Å². The van der Waals surface area contributed by atoms with Gasteiger partial charge in [0, 0.05) is 43.9 Å². The number of ether oxygens (including phenoxy) is 2. The summed E-state index contributed by atoms with van der Waals surface area (Å²) >= 11 is 0. The summed E-state index contributed by atoms with van der Waals surface area (Å²) in [6.45, 7) is 1.51. The lowest BCUT2D eigenvalue weighted by Crippen LogP contribution is -2.49. The maximum absolute atomic E-state index is 13.3. The second kappa shape index (κ2) is 9.09. The van der Waals surface area contributed by atoms with Crippen LogP contribution in [0.1, 0.15) is 0 Å². The van der Waals surface area contributed by atoms with Crippen LogP contribution in [0.4, 0.5) is 10.2 Å². The van der Waals surface area contributed by atoms with Crippen LogP contribution in [0.3, 0.4) is 0 Å². The molecule has 0 amide bonds. The van der Waals surface area contributed by atoms with Gasteiger partial charge in [-0.05, 0) is 36.4 Å². The van der Waals surface area contributed by atoms with Crippen molar-refractivity contribution >= 4 is 15.8 Å². The highest BCUT2D eigenvalue weighted by molar-refractivity contribution is 7.89. The van der Waals surface area contributed by atoms with Gasteiger partial charge in [0.05, 0.1) is 19.9 Å². The minimum Gasteiger partial charge on any atom is -0.497 e. The van der Waals surface area contributed by atoms with E-state index < -0.39 is 10.0 Å². The van der Waals surface area contributed by atoms with Gasteiger partial charge in [-0.15, -0.1) is 0 Å². The van der Waals surface area contributed by atoms with Crippen molar-refractivity contribution < 1.29 is 22.3 Å². The standard InChI is InChI=1S/C22H23FN4O4S/c1-30-18-7-8-20(31-2)21(13-18)32(28,29)27-11-9-26(10-12-27)22-14-19(24-15-25-22)16-3-5-17(23)6-4-16/h3-8,13-15H,9-12H2,1-2H3. The quantitative estimate of drug-likeness (QED) is 0.562. The third kappa shape index (κ3) is 4.37. The van der Waals surface area contributed by atoms with E-state index in [1.165, 1.54) is 43.1 Å². The van der Waals surface area contributed by atoms with Crippen molar-refractivity contribution in [1.82, 2.24) is 14.3 Å². The third-order valence-electron chi connectivity index (χ3n) is 5.34. The number of methoxy groups -OCH3 is 2. The van der Waals surface area contributed by atoms with Crippen molar-refractivity contribution in [3.63, 3.8) is 0 Å². The minimum atomic E-state index is -3.76. The maximum Gasteiger partial charge on any atom is 0.247 e. The van der Waals surface area contributed by atoms with Crippen LogP contribution in [-0.4, -0.2) is 63.1 Å². The first-order chi connectivity index (χ1) is 15.4. The minimum absolute atomic E-state index is 0.0773. The monoisotopic (exact) mass is 458 g/mol. The Hall–Kier alpha value is -3.24. The van der Waals surface area contributed by atoms with Gasteiger partial charge in [0.2, 0.25) is 10.0 Å². The molecule has 168 valence electrons. The second-order valence-corrected chi connectivity index (χ2v) is 9.08. The summed E-state index contributed by atoms with van der Waals surface area (Å²) in [6, 6.07) is 12.6. The molecule has 2 heterocycles. The van der Waals surface area contributed by atoms with Crippen molar-refractivity contribution in [3.05, 3.63) is 60.7 Å². The second-order valence-electron chi connectivity index (χ2n) is 7.18. The van der Waals surface area contributed by atoms with Gasteiger partial charge in [-0.25, -0.2) is 22.8 Å². The van der Waals surface area contributed by atoms with Gasteiger partial charge in [0.15, 0.2) is 0 Å². The van der Waals surface area contributed by atoms with E-state index in [-0.39, 0.29) is 16.5 Å². The number of anilines is 1. The molecule has 0 spiro atoms. The molecule has 0 bridgehead atoms. The fraction of sp³-hybridized carbons (Fsp3) is 0.273. The zero-order valence-electron chi connectivity index (χ0n) is 17.7. The molecule has 3 aromatic rings. The Morgan fingerprint density at radius 3 is 2.28 bits per heavy atom. The van der Waals surface area contributed by atoms with Gasteiger partial charge in [-0.2, -0.15) is 4.31 Å². The zero-order valence-corrected chi connectivity index (χ0v) is 18.5. The van der Waals surface area contributed by atoms with Crippen LogP contribution >= 0.6 is 0 Å². The number of halogens is 1. The van der Waals surface area contributed by atoms with Crippen molar-refractivity contribution in [3.8, 4) is 22.8 Å². The molecule has 32 heavy (non-hydrogen) atoms. The van der Waals surface area contributed by atoms with Gasteiger partial charge in [0.1, 0.15) is 34.4 Å². The molecule has 0 saturated carbocycles. The first kappa shape index (κ1) is 22.0. The molecule has 4 rings (SSSR count). The summed E-state index contributed by atoms with van der Waals surface area (Å²) in [6.07, 6.45) is 1.46. The number of hydrogen-bond acceptors (Lipinski definition) is 7. The molecular weight excluding hydrogens is 435 g/mol. The lowest BCUT2D eigenvalue weighted by Gasteiger charge is -2.34. The summed E-state index contributed by atoms with van der Waals surface area (Å²) in [5, 5.41) is 0. The number of aromatic nitrogens is 2. The highest BCUT2D eigenvalue weighted by Crippen LogP contribution is 2.31. The van der Waals surface area contributed by atoms with E-state index in [0.717, 1.165) is 5.56 Å². The largest absolute Gasteiger partial charge is 0.497 e. The third-order valence-corrected chi connectivity index (χ3v) is 7.26. The lowest BCUT2D eigenvalue weighted by atomic mass is 10.1. The van der Waals surface area contributed by atoms with Crippen LogP contribution in [-0.2, 0) is 10.0 Å². The molecule has 1 saturated heterocycles. The molecule has 10 heteroatoms. The van der Waals surface area contributed by atoms with Gasteiger partial charge < -0.3 is 14.4 Å². The van der Waals surface area contributed by atoms with Gasteiger partial charge in [-0.3, -0.25) is 0 Å². The van der Waals surface area contributed by atoms with E-state index in [1.807, 2.05) is 11.0 Å². The fourth-order valence-corrected chi connectivity index (χ4v) is 5.17. The van der Waals surface area contributed by atoms with Gasteiger partial charge in [0.25, 0.3) is 0 Å². The topological polar surface area (TPSA) is 84.9 Å². The van der Waals surface area contributed by atoms with Crippen LogP contribution in [0.5, 0.6) is 11.5 Å². The van der Waals surface area contributed by atoms with Crippen molar-refractivity contribution in [2.45, 2.75) is 4.90 Å². The molecule has 1 aliphatic heterocycles. The summed E-state index contributed by atoms with van der Waals surface area (Å²) < 4.78 is 51.6. The summed E-state index contributed by atoms with van der Waals surface area (Å²) in [7, 11) is -0.843. The molecule has 1 aliphatic rings. The highest BCUT2D eigenvalue weighted by atomic mass is 32.2. The molecule has 0 N–H and O–H groups in total. The van der Waals surface area contributed by atoms with Crippen molar-refractivity contribution in [2.24, 2.45) is 0 Å². The molecule has 1 fully saturated rings. The zero-order chi connectivity index (χ0) is 22.7. The first-order valence-electron chi connectivity index (χ1n) is 9.97. The van der Waals surface area contributed by atoms with E-state index in [9.17, 15) is 12.8 Å². The summed E-state index contributed by atoms with van der Waals surface area (Å²) in [5.74, 6) is 1.09. The summed E-state index contributed by atoms with van der Waals surface area (Å²) in [4.78, 5) is 10.7. The Morgan fingerprint density at radius 2 is 1.62 bits per heavy atom. The Kier molecular flexibility index (Phi) is 6.24. The maximum atomic E-state index is 13.3. The Balaban J connectivity index is 1.51. The average molecular weight is 459 g/mol. The van der Waals surface area contributed by atoms with E-state index in [4.69, 9.17) is 9.47 Å². The van der Waals surface area contributed by atoms with E-state index >= 15 is 0 Å². The number of hydrogen-bond donors (Lipinski definition) is 0. The summed E-state index contributed by atoms with van der Waals surface area (Å²) in [5.41, 5.74) is 1.45. The number of piperazine rings is 1. The lowest BCUT2D eigenvalue weighted by molar-refractivity contribution is 0.370. The number of benzene rings is 2. The number of sulfonamides is 1. The normalized spacial score (nSPS) is 14.9. The molecule has 1 aromatic heterocycles. The molecule has 8 nitrogen and oxygen atoms in total. The number of nitrogens with zero attached hydrogens (tertiary/aromatic N) is 4. The average Bonchev–Trinajstić information content (AvgIpc) is 2.84. The molecule has 0 unspecified atom stereocenters. The molecule has 2 aromatic carbocycles. The van der Waals surface area contributed by atoms with Crippen LogP contribution in [0, 0.1) is 5.82 Å². The smallest absolute Gasteiger partial charge is 0.247 e. The molecule has 0 atom stereocenters. The molecule has 0 radical (unpaired) electrons. The van der Waals surface area contributed by atoms with Crippen LogP contribution in [0.15, 0.2) is 59.8 Å². The highest BCUT2D eigenvalue weighted by Gasteiger charge is 2.31. The predicted octanol–water partition coefficient (Wildman–Crippen LogP) is 2.81. The predicted molar refractivity (Wildman–Crippen MR) is 118 cm³/mol. The van der Waals surface area contributed by atoms with E-state index in [0.29, 0.717) is 43.4 Å².